The van der Waals surface area contributed by atoms with Crippen LogP contribution in [-0.2, 0) is 0 Å². The van der Waals surface area contributed by atoms with E-state index in [4.69, 9.17) is 10.6 Å². The van der Waals surface area contributed by atoms with Gasteiger partial charge in [0.15, 0.2) is 0 Å². The van der Waals surface area contributed by atoms with Crippen LogP contribution < -0.4 is 21.3 Å². The number of aliphatic hydroxyl groups excluding tert-OH is 2. The largest absolute Gasteiger partial charge is 0.463 e. The Hall–Kier alpha value is -1.71. The Morgan fingerprint density at radius 3 is 2.30 bits per heavy atom. The van der Waals surface area contributed by atoms with Gasteiger partial charge in [0.05, 0.1) is 25.4 Å². The van der Waals surface area contributed by atoms with Crippen molar-refractivity contribution in [3.63, 3.8) is 0 Å². The van der Waals surface area contributed by atoms with E-state index in [9.17, 15) is 10.2 Å². The van der Waals surface area contributed by atoms with E-state index in [-0.39, 0.29) is 31.1 Å². The molecule has 9 nitrogen and oxygen atoms in total. The first kappa shape index (κ1) is 16.3. The van der Waals surface area contributed by atoms with Crippen molar-refractivity contribution in [3.8, 4) is 6.01 Å². The second-order valence-electron chi connectivity index (χ2n) is 4.33. The number of nitrogen functional groups attached to an aromatic ring is 1. The van der Waals surface area contributed by atoms with Crippen LogP contribution in [0.15, 0.2) is 0 Å². The molecule has 0 aliphatic carbocycles. The Bertz CT molecular complexity index is 405. The van der Waals surface area contributed by atoms with E-state index in [0.29, 0.717) is 13.0 Å². The van der Waals surface area contributed by atoms with Gasteiger partial charge in [-0.2, -0.15) is 15.0 Å². The molecule has 0 aliphatic heterocycles. The number of hydrogen-bond donors (Lipinski definition) is 5. The highest BCUT2D eigenvalue weighted by molar-refractivity contribution is 5.37. The first-order valence-corrected chi connectivity index (χ1v) is 6.48. The number of aromatic nitrogens is 3. The molecule has 0 bridgehead atoms. The lowest BCUT2D eigenvalue weighted by atomic mass is 9.99. The van der Waals surface area contributed by atoms with Gasteiger partial charge in [0.25, 0.3) is 0 Å². The molecule has 0 atom stereocenters. The van der Waals surface area contributed by atoms with Crippen molar-refractivity contribution in [2.45, 2.75) is 32.2 Å². The number of rotatable bonds is 9. The Balaban J connectivity index is 2.98. The monoisotopic (exact) mass is 286 g/mol. The van der Waals surface area contributed by atoms with E-state index in [1.807, 2.05) is 13.8 Å². The maximum Gasteiger partial charge on any atom is 0.323 e. The van der Waals surface area contributed by atoms with Gasteiger partial charge in [0.1, 0.15) is 0 Å². The average Bonchev–Trinajstić information content (AvgIpc) is 2.50. The fraction of sp³-hybridized carbons (Fsp3) is 0.727. The molecule has 0 spiro atoms. The minimum atomic E-state index is -0.907. The van der Waals surface area contributed by atoms with E-state index >= 15 is 0 Å². The van der Waals surface area contributed by atoms with E-state index in [2.05, 4.69) is 25.7 Å². The fourth-order valence-electron chi connectivity index (χ4n) is 1.41. The molecular weight excluding hydrogens is 264 g/mol. The van der Waals surface area contributed by atoms with Crippen LogP contribution in [0.1, 0.15) is 26.7 Å². The van der Waals surface area contributed by atoms with Gasteiger partial charge in [-0.3, -0.25) is 5.43 Å². The zero-order valence-corrected chi connectivity index (χ0v) is 11.8. The number of nitrogens with one attached hydrogen (secondary N) is 2. The number of anilines is 2. The minimum Gasteiger partial charge on any atom is -0.463 e. The summed E-state index contributed by atoms with van der Waals surface area (Å²) in [6.07, 6.45) is 1.30. The molecule has 0 radical (unpaired) electrons. The Labute approximate surface area is 117 Å². The summed E-state index contributed by atoms with van der Waals surface area (Å²) in [6, 6.07) is 0.123. The molecule has 114 valence electrons. The van der Waals surface area contributed by atoms with Gasteiger partial charge in [-0.05, 0) is 12.8 Å². The van der Waals surface area contributed by atoms with Crippen LogP contribution in [-0.4, -0.2) is 50.5 Å². The van der Waals surface area contributed by atoms with Crippen molar-refractivity contribution in [1.82, 2.24) is 15.0 Å². The van der Waals surface area contributed by atoms with Crippen LogP contribution in [0, 0.1) is 0 Å². The normalized spacial score (nSPS) is 11.2. The topological polar surface area (TPSA) is 138 Å². The smallest absolute Gasteiger partial charge is 0.323 e. The van der Waals surface area contributed by atoms with Crippen molar-refractivity contribution in [2.75, 3.05) is 30.6 Å². The van der Waals surface area contributed by atoms with Crippen LogP contribution in [0.4, 0.5) is 11.9 Å². The summed E-state index contributed by atoms with van der Waals surface area (Å²) < 4.78 is 5.33. The summed E-state index contributed by atoms with van der Waals surface area (Å²) >= 11 is 0. The van der Waals surface area contributed by atoms with Crippen LogP contribution in [0.5, 0.6) is 6.01 Å². The maximum absolute atomic E-state index is 9.41. The third-order valence-electron chi connectivity index (χ3n) is 2.84. The molecule has 1 aromatic heterocycles. The van der Waals surface area contributed by atoms with Crippen LogP contribution in [0.3, 0.4) is 0 Å². The van der Waals surface area contributed by atoms with Gasteiger partial charge in [0.2, 0.25) is 11.9 Å². The number of nitrogens with two attached hydrogens (primary N) is 1. The highest BCUT2D eigenvalue weighted by Gasteiger charge is 2.27. The summed E-state index contributed by atoms with van der Waals surface area (Å²) in [4.78, 5) is 12.0. The number of hydrogen-bond acceptors (Lipinski definition) is 9. The Kier molecular flexibility index (Phi) is 6.36. The lowest BCUT2D eigenvalue weighted by Gasteiger charge is -2.29. The van der Waals surface area contributed by atoms with Gasteiger partial charge in [0, 0.05) is 0 Å². The first-order chi connectivity index (χ1) is 9.62. The number of hydrazine groups is 1. The Morgan fingerprint density at radius 1 is 1.15 bits per heavy atom. The summed E-state index contributed by atoms with van der Waals surface area (Å²) in [5, 5.41) is 21.7. The standard InChI is InChI=1S/C11H22N6O3/c1-3-5-20-10-14-8(13-9(15-10)17-12)16-11(4-2,6-18)7-19/h18-19H,3-7,12H2,1-2H3,(H2,13,14,15,16,17). The molecule has 1 rings (SSSR count). The number of ether oxygens (including phenoxy) is 1. The summed E-state index contributed by atoms with van der Waals surface area (Å²) in [6.45, 7) is 3.73. The molecule has 0 aromatic carbocycles. The van der Waals surface area contributed by atoms with Crippen LogP contribution >= 0.6 is 0 Å². The van der Waals surface area contributed by atoms with Crippen molar-refractivity contribution >= 4 is 11.9 Å². The van der Waals surface area contributed by atoms with Crippen molar-refractivity contribution in [1.29, 1.82) is 0 Å². The molecule has 6 N–H and O–H groups in total. The van der Waals surface area contributed by atoms with E-state index < -0.39 is 5.54 Å². The molecule has 0 unspecified atom stereocenters. The van der Waals surface area contributed by atoms with Gasteiger partial charge in [-0.1, -0.05) is 13.8 Å². The molecule has 0 saturated heterocycles. The zero-order valence-electron chi connectivity index (χ0n) is 11.8. The van der Waals surface area contributed by atoms with Crippen molar-refractivity contribution < 1.29 is 14.9 Å². The van der Waals surface area contributed by atoms with Crippen molar-refractivity contribution in [3.05, 3.63) is 0 Å². The minimum absolute atomic E-state index is 0.123. The average molecular weight is 286 g/mol. The Morgan fingerprint density at radius 2 is 1.80 bits per heavy atom. The maximum atomic E-state index is 9.41. The highest BCUT2D eigenvalue weighted by Crippen LogP contribution is 2.18. The molecule has 20 heavy (non-hydrogen) atoms. The summed E-state index contributed by atoms with van der Waals surface area (Å²) in [7, 11) is 0. The third-order valence-corrected chi connectivity index (χ3v) is 2.84. The summed E-state index contributed by atoms with van der Waals surface area (Å²) in [5.41, 5.74) is 1.41. The zero-order chi connectivity index (χ0) is 15.0. The van der Waals surface area contributed by atoms with Crippen LogP contribution in [0.2, 0.25) is 0 Å². The van der Waals surface area contributed by atoms with Crippen molar-refractivity contribution in [2.24, 2.45) is 5.84 Å². The molecule has 9 heteroatoms. The van der Waals surface area contributed by atoms with E-state index in [1.54, 1.807) is 0 Å². The van der Waals surface area contributed by atoms with Gasteiger partial charge in [-0.25, -0.2) is 5.84 Å². The molecule has 0 amide bonds. The molecule has 1 heterocycles. The number of nitrogens with zero attached hydrogens (tertiary/aromatic N) is 3. The van der Waals surface area contributed by atoms with E-state index in [1.165, 1.54) is 0 Å². The second kappa shape index (κ2) is 7.78. The lowest BCUT2D eigenvalue weighted by Crippen LogP contribution is -2.45. The second-order valence-corrected chi connectivity index (χ2v) is 4.33. The lowest BCUT2D eigenvalue weighted by molar-refractivity contribution is 0.132. The van der Waals surface area contributed by atoms with Gasteiger partial charge in [-0.15, -0.1) is 0 Å². The number of aliphatic hydroxyl groups is 2. The van der Waals surface area contributed by atoms with Gasteiger partial charge < -0.3 is 20.3 Å². The quantitative estimate of drug-likeness (QED) is 0.300. The molecule has 0 aliphatic rings. The first-order valence-electron chi connectivity index (χ1n) is 6.48. The predicted molar refractivity (Wildman–Crippen MR) is 74.2 cm³/mol. The summed E-state index contributed by atoms with van der Waals surface area (Å²) in [5.74, 6) is 5.60. The SMILES string of the molecule is CCCOc1nc(NN)nc(NC(CC)(CO)CO)n1. The predicted octanol–water partition coefficient (Wildman–Crippen LogP) is -0.509. The fourth-order valence-corrected chi connectivity index (χ4v) is 1.41. The molecule has 0 saturated carbocycles. The molecule has 1 aromatic rings. The highest BCUT2D eigenvalue weighted by atomic mass is 16.5. The van der Waals surface area contributed by atoms with Gasteiger partial charge >= 0.3 is 6.01 Å². The van der Waals surface area contributed by atoms with Crippen LogP contribution in [0.25, 0.3) is 0 Å². The molecular formula is C11H22N6O3. The third kappa shape index (κ3) is 4.15. The molecule has 0 fully saturated rings. The van der Waals surface area contributed by atoms with E-state index in [0.717, 1.165) is 6.42 Å².